The van der Waals surface area contributed by atoms with Crippen LogP contribution < -0.4 is 14.2 Å². The molecule has 104 valence electrons. The van der Waals surface area contributed by atoms with Crippen LogP contribution in [0, 0.1) is 6.92 Å². The van der Waals surface area contributed by atoms with E-state index in [0.717, 1.165) is 17.1 Å². The fourth-order valence-corrected chi connectivity index (χ4v) is 1.87. The fraction of sp³-hybridized carbons (Fsp3) is 0.286. The van der Waals surface area contributed by atoms with E-state index in [0.29, 0.717) is 17.9 Å². The number of benzene rings is 1. The minimum Gasteiger partial charge on any atom is -0.459 e. The Morgan fingerprint density at radius 2 is 2.15 bits per heavy atom. The SMILES string of the molecule is Cc1nc(OCc2ccc3c(c2)OCO3)ncc1CO. The number of hydrogen-bond acceptors (Lipinski definition) is 6. The molecule has 0 radical (unpaired) electrons. The van der Waals surface area contributed by atoms with E-state index in [4.69, 9.17) is 19.3 Å². The number of aryl methyl sites for hydroxylation is 1. The number of hydrogen-bond donors (Lipinski definition) is 1. The maximum atomic E-state index is 9.06. The second kappa shape index (κ2) is 5.34. The van der Waals surface area contributed by atoms with Crippen LogP contribution in [-0.4, -0.2) is 21.9 Å². The van der Waals surface area contributed by atoms with E-state index in [1.54, 1.807) is 13.1 Å². The van der Waals surface area contributed by atoms with Gasteiger partial charge in [-0.15, -0.1) is 0 Å². The molecular formula is C14H14N2O4. The number of rotatable bonds is 4. The molecule has 0 amide bonds. The van der Waals surface area contributed by atoms with Crippen LogP contribution in [0.25, 0.3) is 0 Å². The Hall–Kier alpha value is -2.34. The van der Waals surface area contributed by atoms with Crippen LogP contribution in [-0.2, 0) is 13.2 Å². The second-order valence-corrected chi connectivity index (χ2v) is 4.40. The third kappa shape index (κ3) is 2.50. The van der Waals surface area contributed by atoms with Gasteiger partial charge in [0.15, 0.2) is 11.5 Å². The molecule has 0 saturated heterocycles. The zero-order valence-electron chi connectivity index (χ0n) is 11.0. The molecule has 2 aromatic rings. The Kier molecular flexibility index (Phi) is 3.39. The summed E-state index contributed by atoms with van der Waals surface area (Å²) in [5, 5.41) is 9.06. The molecule has 6 nitrogen and oxygen atoms in total. The average molecular weight is 274 g/mol. The molecule has 0 saturated carbocycles. The molecule has 0 bridgehead atoms. The highest BCUT2D eigenvalue weighted by atomic mass is 16.7. The Bertz CT molecular complexity index is 631. The number of ether oxygens (including phenoxy) is 3. The van der Waals surface area contributed by atoms with Crippen molar-refractivity contribution in [1.82, 2.24) is 9.97 Å². The van der Waals surface area contributed by atoms with Crippen molar-refractivity contribution < 1.29 is 19.3 Å². The van der Waals surface area contributed by atoms with Gasteiger partial charge in [0.05, 0.1) is 12.3 Å². The first kappa shape index (κ1) is 12.7. The van der Waals surface area contributed by atoms with Gasteiger partial charge in [-0.1, -0.05) is 6.07 Å². The summed E-state index contributed by atoms with van der Waals surface area (Å²) in [5.74, 6) is 1.46. The molecular weight excluding hydrogens is 260 g/mol. The van der Waals surface area contributed by atoms with Crippen LogP contribution in [0.2, 0.25) is 0 Å². The lowest BCUT2D eigenvalue weighted by Gasteiger charge is -2.07. The molecule has 1 aromatic heterocycles. The molecule has 1 N–H and O–H groups in total. The van der Waals surface area contributed by atoms with Crippen LogP contribution in [0.1, 0.15) is 16.8 Å². The van der Waals surface area contributed by atoms with Gasteiger partial charge in [0.25, 0.3) is 0 Å². The van der Waals surface area contributed by atoms with Crippen LogP contribution in [0.4, 0.5) is 0 Å². The minimum absolute atomic E-state index is 0.0751. The van der Waals surface area contributed by atoms with Crippen LogP contribution in [0.3, 0.4) is 0 Å². The van der Waals surface area contributed by atoms with E-state index in [9.17, 15) is 0 Å². The zero-order chi connectivity index (χ0) is 13.9. The van der Waals surface area contributed by atoms with Gasteiger partial charge >= 0.3 is 6.01 Å². The summed E-state index contributed by atoms with van der Waals surface area (Å²) >= 11 is 0. The molecule has 2 heterocycles. The van der Waals surface area contributed by atoms with Gasteiger partial charge in [-0.3, -0.25) is 0 Å². The summed E-state index contributed by atoms with van der Waals surface area (Å²) < 4.78 is 16.1. The Labute approximate surface area is 116 Å². The van der Waals surface area contributed by atoms with Gasteiger partial charge in [-0.05, 0) is 24.6 Å². The lowest BCUT2D eigenvalue weighted by molar-refractivity contribution is 0.174. The van der Waals surface area contributed by atoms with Crippen molar-refractivity contribution in [3.63, 3.8) is 0 Å². The topological polar surface area (TPSA) is 73.7 Å². The molecule has 0 spiro atoms. The molecule has 0 fully saturated rings. The normalized spacial score (nSPS) is 12.5. The third-order valence-electron chi connectivity index (χ3n) is 3.03. The Balaban J connectivity index is 1.69. The van der Waals surface area contributed by atoms with Crippen molar-refractivity contribution in [2.75, 3.05) is 6.79 Å². The number of aromatic nitrogens is 2. The van der Waals surface area contributed by atoms with Gasteiger partial charge < -0.3 is 19.3 Å². The molecule has 0 unspecified atom stereocenters. The molecule has 1 aliphatic rings. The smallest absolute Gasteiger partial charge is 0.316 e. The highest BCUT2D eigenvalue weighted by Crippen LogP contribution is 2.32. The number of fused-ring (bicyclic) bond motifs is 1. The molecule has 3 rings (SSSR count). The molecule has 1 aliphatic heterocycles. The summed E-state index contributed by atoms with van der Waals surface area (Å²) in [5.41, 5.74) is 2.35. The van der Waals surface area contributed by atoms with E-state index in [-0.39, 0.29) is 19.4 Å². The van der Waals surface area contributed by atoms with Crippen LogP contribution >= 0.6 is 0 Å². The van der Waals surface area contributed by atoms with E-state index < -0.39 is 0 Å². The quantitative estimate of drug-likeness (QED) is 0.912. The van der Waals surface area contributed by atoms with Gasteiger partial charge in [0.2, 0.25) is 6.79 Å². The molecule has 0 atom stereocenters. The van der Waals surface area contributed by atoms with E-state index in [1.165, 1.54) is 0 Å². The predicted octanol–water partition coefficient (Wildman–Crippen LogP) is 1.59. The average Bonchev–Trinajstić information content (AvgIpc) is 2.92. The van der Waals surface area contributed by atoms with E-state index in [1.807, 2.05) is 18.2 Å². The fourth-order valence-electron chi connectivity index (χ4n) is 1.87. The predicted molar refractivity (Wildman–Crippen MR) is 69.6 cm³/mol. The highest BCUT2D eigenvalue weighted by molar-refractivity contribution is 5.44. The molecule has 0 aliphatic carbocycles. The van der Waals surface area contributed by atoms with E-state index in [2.05, 4.69) is 9.97 Å². The third-order valence-corrected chi connectivity index (χ3v) is 3.03. The Morgan fingerprint density at radius 1 is 1.30 bits per heavy atom. The summed E-state index contributed by atoms with van der Waals surface area (Å²) in [6.45, 7) is 2.33. The van der Waals surface area contributed by atoms with Crippen molar-refractivity contribution in [2.24, 2.45) is 0 Å². The monoisotopic (exact) mass is 274 g/mol. The second-order valence-electron chi connectivity index (χ2n) is 4.40. The van der Waals surface area contributed by atoms with E-state index >= 15 is 0 Å². The van der Waals surface area contributed by atoms with Crippen LogP contribution in [0.5, 0.6) is 17.5 Å². The highest BCUT2D eigenvalue weighted by Gasteiger charge is 2.13. The van der Waals surface area contributed by atoms with Gasteiger partial charge in [0, 0.05) is 11.8 Å². The number of aliphatic hydroxyl groups excluding tert-OH is 1. The van der Waals surface area contributed by atoms with Crippen molar-refractivity contribution >= 4 is 0 Å². The number of aliphatic hydroxyl groups is 1. The first-order chi connectivity index (χ1) is 9.76. The maximum absolute atomic E-state index is 9.06. The van der Waals surface area contributed by atoms with Gasteiger partial charge in [-0.2, -0.15) is 0 Å². The van der Waals surface area contributed by atoms with Crippen molar-refractivity contribution in [1.29, 1.82) is 0 Å². The lowest BCUT2D eigenvalue weighted by atomic mass is 10.2. The summed E-state index contributed by atoms with van der Waals surface area (Å²) in [6.07, 6.45) is 1.57. The van der Waals surface area contributed by atoms with Crippen LogP contribution in [0.15, 0.2) is 24.4 Å². The van der Waals surface area contributed by atoms with Crippen molar-refractivity contribution in [2.45, 2.75) is 20.1 Å². The summed E-state index contributed by atoms with van der Waals surface area (Å²) in [4.78, 5) is 8.23. The zero-order valence-corrected chi connectivity index (χ0v) is 11.0. The lowest BCUT2D eigenvalue weighted by Crippen LogP contribution is -2.02. The van der Waals surface area contributed by atoms with Crippen molar-refractivity contribution in [3.05, 3.63) is 41.2 Å². The first-order valence-electron chi connectivity index (χ1n) is 6.21. The van der Waals surface area contributed by atoms with Gasteiger partial charge in [0.1, 0.15) is 6.61 Å². The summed E-state index contributed by atoms with van der Waals surface area (Å²) in [7, 11) is 0. The number of nitrogens with zero attached hydrogens (tertiary/aromatic N) is 2. The van der Waals surface area contributed by atoms with Crippen molar-refractivity contribution in [3.8, 4) is 17.5 Å². The summed E-state index contributed by atoms with van der Waals surface area (Å²) in [6, 6.07) is 5.92. The molecule has 20 heavy (non-hydrogen) atoms. The minimum atomic E-state index is -0.0751. The molecule has 6 heteroatoms. The first-order valence-corrected chi connectivity index (χ1v) is 6.21. The largest absolute Gasteiger partial charge is 0.459 e. The Morgan fingerprint density at radius 3 is 2.95 bits per heavy atom. The van der Waals surface area contributed by atoms with Gasteiger partial charge in [-0.25, -0.2) is 9.97 Å². The standard InChI is InChI=1S/C14H14N2O4/c1-9-11(6-17)5-15-14(16-9)18-7-10-2-3-12-13(4-10)20-8-19-12/h2-5,17H,6-8H2,1H3. The maximum Gasteiger partial charge on any atom is 0.316 e. The molecule has 1 aromatic carbocycles.